The highest BCUT2D eigenvalue weighted by Crippen LogP contribution is 2.44. The van der Waals surface area contributed by atoms with E-state index in [1.54, 1.807) is 0 Å². The summed E-state index contributed by atoms with van der Waals surface area (Å²) in [6.07, 6.45) is 13.5. The van der Waals surface area contributed by atoms with Gasteiger partial charge in [0.25, 0.3) is 0 Å². The zero-order valence-electron chi connectivity index (χ0n) is 19.2. The number of carbonyl (C=O) groups is 1. The van der Waals surface area contributed by atoms with Crippen molar-refractivity contribution in [3.05, 3.63) is 29.3 Å². The van der Waals surface area contributed by atoms with Crippen LogP contribution in [0.1, 0.15) is 69.4 Å². The zero-order valence-corrected chi connectivity index (χ0v) is 19.2. The molecule has 4 aliphatic rings. The third-order valence-corrected chi connectivity index (χ3v) is 7.42. The largest absolute Gasteiger partial charge is 0.489 e. The molecule has 172 valence electrons. The molecule has 1 aromatic rings. The van der Waals surface area contributed by atoms with Crippen LogP contribution in [-0.4, -0.2) is 43.4 Å². The Morgan fingerprint density at radius 1 is 1.16 bits per heavy atom. The Balaban J connectivity index is 1.46. The van der Waals surface area contributed by atoms with E-state index in [9.17, 15) is 4.79 Å². The number of ether oxygens (including phenoxy) is 1. The standard InChI is InChI=1S/C26H36N4O2/c1-17-5-8-22-24(30(17)26(31)18-6-7-18)10-9-21(25(22)32-20-3-2-4-20)23(27)13-16-29-19-11-14-28-15-12-19/h9-10,13,16-20,28H,2-8,11-12,14-15,27H2,1H3. The topological polar surface area (TPSA) is 80.0 Å². The molecule has 2 aliphatic heterocycles. The van der Waals surface area contributed by atoms with Crippen LogP contribution < -0.4 is 20.7 Å². The Kier molecular flexibility index (Phi) is 6.22. The zero-order chi connectivity index (χ0) is 22.1. The summed E-state index contributed by atoms with van der Waals surface area (Å²) in [5.74, 6) is 1.37. The monoisotopic (exact) mass is 436 g/mol. The van der Waals surface area contributed by atoms with Gasteiger partial charge in [0, 0.05) is 35.0 Å². The number of nitrogens with two attached hydrogens (primary N) is 1. The molecule has 6 heteroatoms. The lowest BCUT2D eigenvalue weighted by atomic mass is 9.91. The summed E-state index contributed by atoms with van der Waals surface area (Å²) in [7, 11) is 0. The number of rotatable bonds is 6. The van der Waals surface area contributed by atoms with Crippen LogP contribution in [0.2, 0.25) is 0 Å². The maximum absolute atomic E-state index is 13.1. The number of allylic oxidation sites excluding steroid dienone is 1. The second-order valence-corrected chi connectivity index (χ2v) is 9.88. The van der Waals surface area contributed by atoms with Gasteiger partial charge < -0.3 is 20.7 Å². The molecule has 1 amide bonds. The Hall–Kier alpha value is -2.34. The average molecular weight is 437 g/mol. The van der Waals surface area contributed by atoms with E-state index in [2.05, 4.69) is 18.3 Å². The third kappa shape index (κ3) is 4.42. The molecule has 3 fully saturated rings. The summed E-state index contributed by atoms with van der Waals surface area (Å²) in [4.78, 5) is 19.8. The Morgan fingerprint density at radius 2 is 1.94 bits per heavy atom. The Labute approximate surface area is 191 Å². The first-order chi connectivity index (χ1) is 15.6. The maximum Gasteiger partial charge on any atom is 0.230 e. The summed E-state index contributed by atoms with van der Waals surface area (Å²) in [5, 5.41) is 3.37. The number of benzene rings is 1. The van der Waals surface area contributed by atoms with Crippen LogP contribution in [-0.2, 0) is 11.2 Å². The lowest BCUT2D eigenvalue weighted by molar-refractivity contribution is -0.120. The van der Waals surface area contributed by atoms with Crippen molar-refractivity contribution in [1.29, 1.82) is 0 Å². The molecule has 32 heavy (non-hydrogen) atoms. The maximum atomic E-state index is 13.1. The number of hydrogen-bond donors (Lipinski definition) is 2. The fraction of sp³-hybridized carbons (Fsp3) is 0.615. The molecule has 2 heterocycles. The van der Waals surface area contributed by atoms with Crippen molar-refractivity contribution in [2.24, 2.45) is 16.6 Å². The van der Waals surface area contributed by atoms with Gasteiger partial charge in [-0.15, -0.1) is 0 Å². The molecule has 1 atom stereocenters. The minimum atomic E-state index is 0.204. The molecular weight excluding hydrogens is 400 g/mol. The first-order valence-electron chi connectivity index (χ1n) is 12.5. The van der Waals surface area contributed by atoms with Gasteiger partial charge in [0.2, 0.25) is 5.91 Å². The minimum absolute atomic E-state index is 0.204. The van der Waals surface area contributed by atoms with Crippen LogP contribution in [0.25, 0.3) is 5.70 Å². The predicted octanol–water partition coefficient (Wildman–Crippen LogP) is 3.82. The number of nitrogens with one attached hydrogen (secondary N) is 1. The van der Waals surface area contributed by atoms with Gasteiger partial charge in [0.05, 0.1) is 17.8 Å². The molecule has 0 radical (unpaired) electrons. The second-order valence-electron chi connectivity index (χ2n) is 9.88. The van der Waals surface area contributed by atoms with E-state index in [0.717, 1.165) is 87.0 Å². The lowest BCUT2D eigenvalue weighted by Gasteiger charge is -2.38. The first-order valence-corrected chi connectivity index (χ1v) is 12.5. The van der Waals surface area contributed by atoms with E-state index < -0.39 is 0 Å². The molecule has 2 aliphatic carbocycles. The van der Waals surface area contributed by atoms with Gasteiger partial charge in [-0.1, -0.05) is 0 Å². The number of fused-ring (bicyclic) bond motifs is 1. The molecule has 1 saturated heterocycles. The van der Waals surface area contributed by atoms with Crippen molar-refractivity contribution >= 4 is 23.5 Å². The smallest absolute Gasteiger partial charge is 0.230 e. The summed E-state index contributed by atoms with van der Waals surface area (Å²) in [5.41, 5.74) is 10.3. The number of aliphatic imine (C=N–C) groups is 1. The van der Waals surface area contributed by atoms with E-state index in [4.69, 9.17) is 15.5 Å². The molecule has 3 N–H and O–H groups in total. The van der Waals surface area contributed by atoms with Crippen molar-refractivity contribution in [2.45, 2.75) is 82.9 Å². The second kappa shape index (κ2) is 9.26. The molecule has 1 aromatic carbocycles. The highest BCUT2D eigenvalue weighted by Gasteiger charge is 2.39. The van der Waals surface area contributed by atoms with E-state index in [1.807, 2.05) is 23.3 Å². The quantitative estimate of drug-likeness (QED) is 0.665. The summed E-state index contributed by atoms with van der Waals surface area (Å²) < 4.78 is 6.53. The summed E-state index contributed by atoms with van der Waals surface area (Å²) >= 11 is 0. The molecule has 2 saturated carbocycles. The van der Waals surface area contributed by atoms with Gasteiger partial charge in [-0.05, 0) is 96.0 Å². The molecule has 6 nitrogen and oxygen atoms in total. The molecule has 5 rings (SSSR count). The summed E-state index contributed by atoms with van der Waals surface area (Å²) in [6, 6.07) is 4.72. The van der Waals surface area contributed by atoms with Gasteiger partial charge in [0.15, 0.2) is 0 Å². The highest BCUT2D eigenvalue weighted by atomic mass is 16.5. The van der Waals surface area contributed by atoms with Gasteiger partial charge >= 0.3 is 0 Å². The Morgan fingerprint density at radius 3 is 2.62 bits per heavy atom. The van der Waals surface area contributed by atoms with Crippen LogP contribution in [0.5, 0.6) is 5.75 Å². The number of anilines is 1. The third-order valence-electron chi connectivity index (χ3n) is 7.42. The number of carbonyl (C=O) groups excluding carboxylic acids is 1. The van der Waals surface area contributed by atoms with Crippen molar-refractivity contribution in [2.75, 3.05) is 18.0 Å². The first kappa shape index (κ1) is 21.5. The van der Waals surface area contributed by atoms with Crippen molar-refractivity contribution < 1.29 is 9.53 Å². The van der Waals surface area contributed by atoms with Gasteiger partial charge in [-0.3, -0.25) is 9.79 Å². The van der Waals surface area contributed by atoms with E-state index in [-0.39, 0.29) is 24.0 Å². The lowest BCUT2D eigenvalue weighted by Crippen LogP contribution is -2.43. The molecule has 0 spiro atoms. The minimum Gasteiger partial charge on any atom is -0.489 e. The van der Waals surface area contributed by atoms with Crippen LogP contribution in [0.3, 0.4) is 0 Å². The normalized spacial score (nSPS) is 25.0. The van der Waals surface area contributed by atoms with Crippen LogP contribution >= 0.6 is 0 Å². The summed E-state index contributed by atoms with van der Waals surface area (Å²) in [6.45, 7) is 4.22. The van der Waals surface area contributed by atoms with Gasteiger partial charge in [0.1, 0.15) is 5.75 Å². The van der Waals surface area contributed by atoms with Gasteiger partial charge in [-0.25, -0.2) is 0 Å². The van der Waals surface area contributed by atoms with E-state index in [0.29, 0.717) is 11.7 Å². The van der Waals surface area contributed by atoms with Crippen molar-refractivity contribution in [1.82, 2.24) is 5.32 Å². The fourth-order valence-electron chi connectivity index (χ4n) is 4.98. The molecule has 0 aromatic heterocycles. The highest BCUT2D eigenvalue weighted by molar-refractivity contribution is 5.99. The van der Waals surface area contributed by atoms with E-state index in [1.165, 1.54) is 6.42 Å². The van der Waals surface area contributed by atoms with Crippen molar-refractivity contribution in [3.63, 3.8) is 0 Å². The average Bonchev–Trinajstić information content (AvgIpc) is 3.61. The molecule has 0 bridgehead atoms. The predicted molar refractivity (Wildman–Crippen MR) is 129 cm³/mol. The SMILES string of the molecule is CC1CCc2c(ccc(C(N)=CC=NC3CCNCC3)c2OC2CCC2)N1C(=O)C1CC1. The van der Waals surface area contributed by atoms with Crippen LogP contribution in [0, 0.1) is 5.92 Å². The van der Waals surface area contributed by atoms with E-state index >= 15 is 0 Å². The van der Waals surface area contributed by atoms with Gasteiger partial charge in [-0.2, -0.15) is 0 Å². The van der Waals surface area contributed by atoms with Crippen LogP contribution in [0.15, 0.2) is 23.2 Å². The van der Waals surface area contributed by atoms with Crippen molar-refractivity contribution in [3.8, 4) is 5.75 Å². The van der Waals surface area contributed by atoms with Crippen LogP contribution in [0.4, 0.5) is 5.69 Å². The fourth-order valence-corrected chi connectivity index (χ4v) is 4.98. The molecular formula is C26H36N4O2. The number of amides is 1. The number of nitrogens with zero attached hydrogens (tertiary/aromatic N) is 2. The Bertz CT molecular complexity index is 911. The molecule has 1 unspecified atom stereocenters. The number of hydrogen-bond acceptors (Lipinski definition) is 5. The number of piperidine rings is 1.